The molecule has 2 unspecified atom stereocenters. The highest BCUT2D eigenvalue weighted by molar-refractivity contribution is 6.33. The fourth-order valence-corrected chi connectivity index (χ4v) is 3.03. The lowest BCUT2D eigenvalue weighted by atomic mass is 10.1. The molecule has 0 radical (unpaired) electrons. The van der Waals surface area contributed by atoms with Crippen molar-refractivity contribution in [1.82, 2.24) is 5.32 Å². The van der Waals surface area contributed by atoms with Gasteiger partial charge in [0.2, 0.25) is 0 Å². The molecule has 114 valence electrons. The molecule has 5 heteroatoms. The van der Waals surface area contributed by atoms with E-state index in [0.717, 1.165) is 17.2 Å². The molecular formula is C17H15ClFNO2. The van der Waals surface area contributed by atoms with Gasteiger partial charge in [-0.3, -0.25) is 4.79 Å². The van der Waals surface area contributed by atoms with Gasteiger partial charge in [0.1, 0.15) is 5.82 Å². The molecule has 2 aromatic rings. The lowest BCUT2D eigenvalue weighted by Gasteiger charge is -2.18. The number of aliphatic hydroxyl groups is 1. The molecule has 0 aliphatic heterocycles. The van der Waals surface area contributed by atoms with Gasteiger partial charge in [0.25, 0.3) is 5.91 Å². The molecule has 0 spiro atoms. The van der Waals surface area contributed by atoms with E-state index in [1.54, 1.807) is 6.92 Å². The average Bonchev–Trinajstić information content (AvgIpc) is 2.79. The molecule has 2 atom stereocenters. The van der Waals surface area contributed by atoms with E-state index in [1.165, 1.54) is 6.07 Å². The fraction of sp³-hybridized carbons (Fsp3) is 0.235. The number of rotatable bonds is 2. The monoisotopic (exact) mass is 319 g/mol. The van der Waals surface area contributed by atoms with Crippen LogP contribution >= 0.6 is 11.6 Å². The first-order valence-electron chi connectivity index (χ1n) is 6.99. The van der Waals surface area contributed by atoms with Crippen LogP contribution in [-0.2, 0) is 6.42 Å². The molecule has 0 heterocycles. The second-order valence-corrected chi connectivity index (χ2v) is 5.91. The zero-order valence-electron chi connectivity index (χ0n) is 11.9. The van der Waals surface area contributed by atoms with Crippen molar-refractivity contribution in [3.8, 4) is 0 Å². The third kappa shape index (κ3) is 2.60. The minimum absolute atomic E-state index is 0.0568. The molecule has 0 bridgehead atoms. The van der Waals surface area contributed by atoms with E-state index in [0.29, 0.717) is 12.0 Å². The first-order valence-corrected chi connectivity index (χ1v) is 7.37. The van der Waals surface area contributed by atoms with Crippen LogP contribution in [0.3, 0.4) is 0 Å². The van der Waals surface area contributed by atoms with Crippen molar-refractivity contribution < 1.29 is 14.3 Å². The fourth-order valence-electron chi connectivity index (χ4n) is 2.80. The number of amides is 1. The number of aryl methyl sites for hydroxylation is 1. The summed E-state index contributed by atoms with van der Waals surface area (Å²) in [6, 6.07) is 9.64. The molecule has 22 heavy (non-hydrogen) atoms. The van der Waals surface area contributed by atoms with Gasteiger partial charge in [-0.1, -0.05) is 35.9 Å². The van der Waals surface area contributed by atoms with Crippen LogP contribution in [0.5, 0.6) is 0 Å². The highest BCUT2D eigenvalue weighted by Gasteiger charge is 2.32. The van der Waals surface area contributed by atoms with E-state index >= 15 is 0 Å². The second-order valence-electron chi connectivity index (χ2n) is 5.50. The minimum Gasteiger partial charge on any atom is -0.390 e. The molecule has 0 aromatic heterocycles. The maximum atomic E-state index is 13.4. The van der Waals surface area contributed by atoms with E-state index in [-0.39, 0.29) is 10.6 Å². The average molecular weight is 320 g/mol. The van der Waals surface area contributed by atoms with Crippen LogP contribution < -0.4 is 5.32 Å². The third-order valence-corrected chi connectivity index (χ3v) is 4.30. The molecule has 0 saturated carbocycles. The van der Waals surface area contributed by atoms with Gasteiger partial charge in [-0.25, -0.2) is 4.39 Å². The number of hydrogen-bond donors (Lipinski definition) is 2. The molecule has 3 nitrogen and oxygen atoms in total. The van der Waals surface area contributed by atoms with E-state index in [2.05, 4.69) is 5.32 Å². The Bertz CT molecular complexity index is 747. The molecule has 1 aliphatic rings. The van der Waals surface area contributed by atoms with E-state index < -0.39 is 23.9 Å². The summed E-state index contributed by atoms with van der Waals surface area (Å²) in [5.74, 6) is -0.873. The van der Waals surface area contributed by atoms with Gasteiger partial charge >= 0.3 is 0 Å². The maximum absolute atomic E-state index is 13.4. The minimum atomic E-state index is -0.679. The van der Waals surface area contributed by atoms with Crippen LogP contribution in [0.2, 0.25) is 5.02 Å². The highest BCUT2D eigenvalue weighted by Crippen LogP contribution is 2.32. The molecule has 0 saturated heterocycles. The molecule has 1 amide bonds. The number of fused-ring (bicyclic) bond motifs is 1. The van der Waals surface area contributed by atoms with Gasteiger partial charge in [0, 0.05) is 6.42 Å². The second kappa shape index (κ2) is 5.71. The van der Waals surface area contributed by atoms with Crippen LogP contribution in [0.4, 0.5) is 4.39 Å². The zero-order valence-corrected chi connectivity index (χ0v) is 12.7. The van der Waals surface area contributed by atoms with Gasteiger partial charge < -0.3 is 10.4 Å². The summed E-state index contributed by atoms with van der Waals surface area (Å²) in [6.07, 6.45) is -0.182. The van der Waals surface area contributed by atoms with Crippen LogP contribution in [0, 0.1) is 12.7 Å². The number of benzene rings is 2. The van der Waals surface area contributed by atoms with Crippen molar-refractivity contribution in [2.24, 2.45) is 0 Å². The topological polar surface area (TPSA) is 49.3 Å². The first kappa shape index (κ1) is 15.0. The molecule has 2 N–H and O–H groups in total. The van der Waals surface area contributed by atoms with E-state index in [4.69, 9.17) is 11.6 Å². The molecule has 1 aliphatic carbocycles. The summed E-state index contributed by atoms with van der Waals surface area (Å²) >= 11 is 5.96. The summed E-state index contributed by atoms with van der Waals surface area (Å²) in [4.78, 5) is 12.4. The number of halogens is 2. The number of hydrogen-bond acceptors (Lipinski definition) is 2. The summed E-state index contributed by atoms with van der Waals surface area (Å²) < 4.78 is 13.4. The number of nitrogens with one attached hydrogen (secondary N) is 1. The maximum Gasteiger partial charge on any atom is 0.253 e. The number of aliphatic hydroxyl groups excluding tert-OH is 1. The Balaban J connectivity index is 1.88. The first-order chi connectivity index (χ1) is 10.5. The summed E-state index contributed by atoms with van der Waals surface area (Å²) in [6.45, 7) is 1.57. The molecule has 2 aromatic carbocycles. The Kier molecular flexibility index (Phi) is 3.89. The van der Waals surface area contributed by atoms with Crippen molar-refractivity contribution in [2.75, 3.05) is 0 Å². The zero-order chi connectivity index (χ0) is 15.9. The normalized spacial score (nSPS) is 19.8. The van der Waals surface area contributed by atoms with Crippen molar-refractivity contribution >= 4 is 17.5 Å². The van der Waals surface area contributed by atoms with Crippen molar-refractivity contribution in [3.05, 3.63) is 69.5 Å². The van der Waals surface area contributed by atoms with Gasteiger partial charge in [-0.15, -0.1) is 0 Å². The smallest absolute Gasteiger partial charge is 0.253 e. The van der Waals surface area contributed by atoms with Crippen LogP contribution in [0.1, 0.15) is 33.1 Å². The summed E-state index contributed by atoms with van der Waals surface area (Å²) in [5, 5.41) is 13.0. The summed E-state index contributed by atoms with van der Waals surface area (Å²) in [7, 11) is 0. The Morgan fingerprint density at radius 3 is 2.86 bits per heavy atom. The standard InChI is InChI=1S/C17H15ClFNO2/c1-9-6-12(13(18)8-14(9)19)17(22)20-16-11-5-3-2-4-10(11)7-15(16)21/h2-6,8,15-16,21H,7H2,1H3,(H,20,22). The lowest BCUT2D eigenvalue weighted by Crippen LogP contribution is -2.34. The Labute approximate surface area is 132 Å². The Morgan fingerprint density at radius 2 is 2.09 bits per heavy atom. The Hall–Kier alpha value is -1.91. The molecule has 0 fully saturated rings. The molecule has 3 rings (SSSR count). The van der Waals surface area contributed by atoms with Crippen LogP contribution in [0.25, 0.3) is 0 Å². The van der Waals surface area contributed by atoms with E-state index in [1.807, 2.05) is 24.3 Å². The van der Waals surface area contributed by atoms with Gasteiger partial charge in [-0.05, 0) is 35.7 Å². The third-order valence-electron chi connectivity index (χ3n) is 3.98. The Morgan fingerprint density at radius 1 is 1.36 bits per heavy atom. The SMILES string of the molecule is Cc1cc(C(=O)NC2c3ccccc3CC2O)c(Cl)cc1F. The van der Waals surface area contributed by atoms with Crippen molar-refractivity contribution in [2.45, 2.75) is 25.5 Å². The summed E-state index contributed by atoms with van der Waals surface area (Å²) in [5.41, 5.74) is 2.47. The lowest BCUT2D eigenvalue weighted by molar-refractivity contribution is 0.0858. The predicted molar refractivity (Wildman–Crippen MR) is 82.5 cm³/mol. The molecular weight excluding hydrogens is 305 g/mol. The van der Waals surface area contributed by atoms with Gasteiger partial charge in [-0.2, -0.15) is 0 Å². The predicted octanol–water partition coefficient (Wildman–Crippen LogP) is 3.18. The number of carbonyl (C=O) groups excluding carboxylic acids is 1. The van der Waals surface area contributed by atoms with Gasteiger partial charge in [0.15, 0.2) is 0 Å². The number of carbonyl (C=O) groups is 1. The van der Waals surface area contributed by atoms with Crippen molar-refractivity contribution in [1.29, 1.82) is 0 Å². The largest absolute Gasteiger partial charge is 0.390 e. The van der Waals surface area contributed by atoms with Gasteiger partial charge in [0.05, 0.1) is 22.7 Å². The van der Waals surface area contributed by atoms with Crippen LogP contribution in [-0.4, -0.2) is 17.1 Å². The van der Waals surface area contributed by atoms with E-state index in [9.17, 15) is 14.3 Å². The van der Waals surface area contributed by atoms with Crippen molar-refractivity contribution in [3.63, 3.8) is 0 Å². The van der Waals surface area contributed by atoms with Crippen LogP contribution in [0.15, 0.2) is 36.4 Å². The highest BCUT2D eigenvalue weighted by atomic mass is 35.5. The quantitative estimate of drug-likeness (QED) is 0.893.